The average molecular weight is 342 g/mol. The lowest BCUT2D eigenvalue weighted by Gasteiger charge is -2.27. The molecule has 0 heterocycles. The minimum absolute atomic E-state index is 0.273. The summed E-state index contributed by atoms with van der Waals surface area (Å²) in [6, 6.07) is 5.03. The van der Waals surface area contributed by atoms with Crippen LogP contribution in [0.25, 0.3) is 0 Å². The normalized spacial score (nSPS) is 12.0. The maximum absolute atomic E-state index is 11.7. The fourth-order valence-corrected chi connectivity index (χ4v) is 2.78. The van der Waals surface area contributed by atoms with Crippen molar-refractivity contribution in [1.82, 2.24) is 0 Å². The Morgan fingerprint density at radius 3 is 2.39 bits per heavy atom. The molecule has 1 aromatic carbocycles. The Morgan fingerprint density at radius 1 is 1.30 bits per heavy atom. The molecule has 0 saturated carbocycles. The summed E-state index contributed by atoms with van der Waals surface area (Å²) in [5.74, 6) is -0.190. The predicted octanol–water partition coefficient (Wildman–Crippen LogP) is 2.87. The van der Waals surface area contributed by atoms with Gasteiger partial charge in [0.05, 0.1) is 7.11 Å². The van der Waals surface area contributed by atoms with Gasteiger partial charge in [-0.15, -0.1) is 0 Å². The third-order valence-electron chi connectivity index (χ3n) is 3.20. The molecule has 0 spiro atoms. The third kappa shape index (κ3) is 4.89. The van der Waals surface area contributed by atoms with Gasteiger partial charge < -0.3 is 4.74 Å². The molecule has 0 saturated heterocycles. The van der Waals surface area contributed by atoms with Gasteiger partial charge in [0.15, 0.2) is 0 Å². The molecule has 23 heavy (non-hydrogen) atoms. The van der Waals surface area contributed by atoms with Gasteiger partial charge in [0.2, 0.25) is 0 Å². The van der Waals surface area contributed by atoms with E-state index in [0.29, 0.717) is 23.3 Å². The van der Waals surface area contributed by atoms with E-state index in [9.17, 15) is 13.2 Å². The van der Waals surface area contributed by atoms with Crippen molar-refractivity contribution in [3.8, 4) is 5.75 Å². The van der Waals surface area contributed by atoms with E-state index < -0.39 is 22.0 Å². The highest BCUT2D eigenvalue weighted by atomic mass is 32.3. The molecular weight excluding hydrogens is 320 g/mol. The molecule has 0 unspecified atom stereocenters. The molecule has 0 aliphatic heterocycles. The molecule has 1 aromatic rings. The molecule has 0 aliphatic rings. The van der Waals surface area contributed by atoms with Crippen LogP contribution in [0.3, 0.4) is 0 Å². The summed E-state index contributed by atoms with van der Waals surface area (Å²) in [4.78, 5) is 11.7. The van der Waals surface area contributed by atoms with Crippen LogP contribution in [0.4, 0.5) is 0 Å². The molecule has 7 heteroatoms. The molecular formula is C16H22O6S. The summed E-state index contributed by atoms with van der Waals surface area (Å²) in [7, 11) is -3.10. The van der Waals surface area contributed by atoms with Crippen molar-refractivity contribution in [2.24, 2.45) is 0 Å². The third-order valence-corrected chi connectivity index (χ3v) is 4.23. The summed E-state index contributed by atoms with van der Waals surface area (Å²) < 4.78 is 38.0. The van der Waals surface area contributed by atoms with Crippen molar-refractivity contribution < 1.29 is 26.3 Å². The van der Waals surface area contributed by atoms with Gasteiger partial charge in [-0.2, -0.15) is 8.42 Å². The molecule has 6 nitrogen and oxygen atoms in total. The van der Waals surface area contributed by atoms with Gasteiger partial charge in [-0.25, -0.2) is 8.98 Å². The Bertz CT molecular complexity index is 703. The van der Waals surface area contributed by atoms with Crippen LogP contribution >= 0.6 is 0 Å². The standard InChI is InChI=1S/C16H22O6S/c1-7-12-13(16(4,5)22-23(18,19)20-6)9-8-10-14(12)21-15(17)11(2)3/h8-10H,2,7H2,1,3-6H3. The number of carbonyl (C=O) groups excluding carboxylic acids is 1. The van der Waals surface area contributed by atoms with Gasteiger partial charge in [0, 0.05) is 11.1 Å². The highest BCUT2D eigenvalue weighted by Gasteiger charge is 2.32. The number of hydrogen-bond acceptors (Lipinski definition) is 6. The Balaban J connectivity index is 3.32. The second kappa shape index (κ2) is 7.25. The van der Waals surface area contributed by atoms with Gasteiger partial charge in [0.25, 0.3) is 0 Å². The van der Waals surface area contributed by atoms with Crippen molar-refractivity contribution in [1.29, 1.82) is 0 Å². The van der Waals surface area contributed by atoms with Gasteiger partial charge in [-0.1, -0.05) is 25.6 Å². The second-order valence-corrected chi connectivity index (χ2v) is 6.79. The number of ether oxygens (including phenoxy) is 1. The zero-order valence-electron chi connectivity index (χ0n) is 14.0. The number of hydrogen-bond donors (Lipinski definition) is 0. The summed E-state index contributed by atoms with van der Waals surface area (Å²) in [5, 5.41) is 0. The van der Waals surface area contributed by atoms with Crippen LogP contribution < -0.4 is 4.74 Å². The first kappa shape index (κ1) is 19.3. The molecule has 0 bridgehead atoms. The van der Waals surface area contributed by atoms with E-state index >= 15 is 0 Å². The summed E-state index contributed by atoms with van der Waals surface area (Å²) in [6.07, 6.45) is 0.523. The fraction of sp³-hybridized carbons (Fsp3) is 0.438. The Hall–Kier alpha value is -1.70. The van der Waals surface area contributed by atoms with Crippen LogP contribution in [0.15, 0.2) is 30.4 Å². The number of carbonyl (C=O) groups is 1. The van der Waals surface area contributed by atoms with E-state index in [4.69, 9.17) is 8.92 Å². The quantitative estimate of drug-likeness (QED) is 0.431. The Kier molecular flexibility index (Phi) is 6.10. The molecule has 0 amide bonds. The van der Waals surface area contributed by atoms with Gasteiger partial charge in [0.1, 0.15) is 11.4 Å². The molecule has 1 rings (SSSR count). The minimum atomic E-state index is -4.12. The van der Waals surface area contributed by atoms with Crippen LogP contribution in [-0.4, -0.2) is 21.5 Å². The van der Waals surface area contributed by atoms with E-state index in [-0.39, 0.29) is 5.57 Å². The first-order valence-electron chi connectivity index (χ1n) is 7.05. The summed E-state index contributed by atoms with van der Waals surface area (Å²) in [5.41, 5.74) is 0.354. The van der Waals surface area contributed by atoms with Crippen LogP contribution in [0.5, 0.6) is 5.75 Å². The number of benzene rings is 1. The van der Waals surface area contributed by atoms with Crippen molar-refractivity contribution in [3.63, 3.8) is 0 Å². The maximum atomic E-state index is 11.7. The topological polar surface area (TPSA) is 78.9 Å². The van der Waals surface area contributed by atoms with E-state index in [2.05, 4.69) is 10.8 Å². The van der Waals surface area contributed by atoms with Gasteiger partial charge >= 0.3 is 16.4 Å². The van der Waals surface area contributed by atoms with Crippen LogP contribution in [0.1, 0.15) is 38.8 Å². The van der Waals surface area contributed by atoms with Crippen molar-refractivity contribution in [2.75, 3.05) is 7.11 Å². The zero-order valence-corrected chi connectivity index (χ0v) is 14.8. The molecule has 0 atom stereocenters. The molecule has 128 valence electrons. The van der Waals surface area contributed by atoms with E-state index in [1.54, 1.807) is 39.0 Å². The summed E-state index contributed by atoms with van der Waals surface area (Å²) in [6.45, 7) is 10.2. The smallest absolute Gasteiger partial charge is 0.400 e. The van der Waals surface area contributed by atoms with Crippen molar-refractivity contribution >= 4 is 16.4 Å². The van der Waals surface area contributed by atoms with Crippen LogP contribution in [0, 0.1) is 0 Å². The highest BCUT2D eigenvalue weighted by molar-refractivity contribution is 7.81. The van der Waals surface area contributed by atoms with E-state index in [1.165, 1.54) is 0 Å². The van der Waals surface area contributed by atoms with Gasteiger partial charge in [-0.3, -0.25) is 4.18 Å². The minimum Gasteiger partial charge on any atom is -0.423 e. The average Bonchev–Trinajstić information content (AvgIpc) is 2.45. The Labute approximate surface area is 137 Å². The fourth-order valence-electron chi connectivity index (χ4n) is 2.11. The van der Waals surface area contributed by atoms with Crippen molar-refractivity contribution in [2.45, 2.75) is 39.7 Å². The lowest BCUT2D eigenvalue weighted by Crippen LogP contribution is -2.28. The maximum Gasteiger partial charge on any atom is 0.400 e. The van der Waals surface area contributed by atoms with E-state index in [1.807, 2.05) is 6.92 Å². The molecule has 0 N–H and O–H groups in total. The molecule has 0 radical (unpaired) electrons. The SMILES string of the molecule is C=C(C)C(=O)Oc1cccc(C(C)(C)OS(=O)(=O)OC)c1CC. The lowest BCUT2D eigenvalue weighted by atomic mass is 9.91. The largest absolute Gasteiger partial charge is 0.423 e. The first-order valence-corrected chi connectivity index (χ1v) is 8.38. The van der Waals surface area contributed by atoms with Crippen molar-refractivity contribution in [3.05, 3.63) is 41.5 Å². The highest BCUT2D eigenvalue weighted by Crippen LogP contribution is 2.35. The summed E-state index contributed by atoms with van der Waals surface area (Å²) >= 11 is 0. The van der Waals surface area contributed by atoms with Gasteiger partial charge in [-0.05, 0) is 38.8 Å². The molecule has 0 fully saturated rings. The monoisotopic (exact) mass is 342 g/mol. The van der Waals surface area contributed by atoms with E-state index in [0.717, 1.165) is 7.11 Å². The van der Waals surface area contributed by atoms with Crippen LogP contribution in [-0.2, 0) is 35.6 Å². The Morgan fingerprint density at radius 2 is 1.91 bits per heavy atom. The zero-order chi connectivity index (χ0) is 17.8. The first-order chi connectivity index (χ1) is 10.5. The molecule has 0 aliphatic carbocycles. The number of rotatable bonds is 7. The second-order valence-electron chi connectivity index (χ2n) is 5.47. The lowest BCUT2D eigenvalue weighted by molar-refractivity contribution is -0.130. The molecule has 0 aromatic heterocycles. The van der Waals surface area contributed by atoms with Crippen LogP contribution in [0.2, 0.25) is 0 Å². The predicted molar refractivity (Wildman–Crippen MR) is 86.3 cm³/mol. The number of esters is 1.